The Hall–Kier alpha value is -1.08. The Morgan fingerprint density at radius 3 is 2.29 bits per heavy atom. The molecular weight excluding hydrogens is 335 g/mol. The van der Waals surface area contributed by atoms with Crippen LogP contribution in [0.15, 0.2) is 23.1 Å². The number of methoxy groups -OCH3 is 1. The fourth-order valence-corrected chi connectivity index (χ4v) is 3.96. The van der Waals surface area contributed by atoms with E-state index in [1.807, 2.05) is 32.0 Å². The molecule has 0 saturated heterocycles. The smallest absolute Gasteiger partial charge is 0.266 e. The van der Waals surface area contributed by atoms with Crippen LogP contribution in [0.5, 0.6) is 0 Å². The number of aryl methyl sites for hydroxylation is 2. The molecule has 114 valence electrons. The van der Waals surface area contributed by atoms with Crippen molar-refractivity contribution in [1.29, 1.82) is 0 Å². The molecule has 8 heteroatoms. The van der Waals surface area contributed by atoms with Gasteiger partial charge in [-0.3, -0.25) is 0 Å². The fourth-order valence-electron chi connectivity index (χ4n) is 2.14. The summed E-state index contributed by atoms with van der Waals surface area (Å²) in [7, 11) is 2.87. The Labute approximate surface area is 132 Å². The Morgan fingerprint density at radius 1 is 1.24 bits per heavy atom. The topological polar surface area (TPSA) is 61.2 Å². The van der Waals surface area contributed by atoms with E-state index in [9.17, 15) is 8.42 Å². The molecule has 0 aliphatic carbocycles. The molecule has 0 aliphatic rings. The molecule has 0 amide bonds. The molecule has 0 fully saturated rings. The average Bonchev–Trinajstić information content (AvgIpc) is 2.65. The lowest BCUT2D eigenvalue weighted by Crippen LogP contribution is -1.99. The molecule has 0 radical (unpaired) electrons. The summed E-state index contributed by atoms with van der Waals surface area (Å²) in [5.41, 5.74) is 2.87. The predicted molar refractivity (Wildman–Crippen MR) is 81.8 cm³/mol. The first-order valence-electron chi connectivity index (χ1n) is 6.03. The van der Waals surface area contributed by atoms with Crippen LogP contribution in [0, 0.1) is 13.8 Å². The lowest BCUT2D eigenvalue weighted by molar-refractivity contribution is 0.179. The highest BCUT2D eigenvalue weighted by molar-refractivity contribution is 8.13. The highest BCUT2D eigenvalue weighted by Crippen LogP contribution is 2.31. The molecule has 0 saturated carbocycles. The summed E-state index contributed by atoms with van der Waals surface area (Å²) < 4.78 is 29.7. The van der Waals surface area contributed by atoms with Gasteiger partial charge in [-0.2, -0.15) is 5.10 Å². The minimum atomic E-state index is -4.02. The third-order valence-corrected chi connectivity index (χ3v) is 4.67. The lowest BCUT2D eigenvalue weighted by Gasteiger charge is -2.06. The van der Waals surface area contributed by atoms with E-state index in [0.29, 0.717) is 5.69 Å². The van der Waals surface area contributed by atoms with E-state index in [-0.39, 0.29) is 22.3 Å². The van der Waals surface area contributed by atoms with Gasteiger partial charge in [-0.05, 0) is 37.1 Å². The summed E-state index contributed by atoms with van der Waals surface area (Å²) in [6.07, 6.45) is 0. The van der Waals surface area contributed by atoms with Gasteiger partial charge in [0.15, 0.2) is 5.15 Å². The Morgan fingerprint density at radius 2 is 1.81 bits per heavy atom. The van der Waals surface area contributed by atoms with Gasteiger partial charge in [-0.25, -0.2) is 13.1 Å². The van der Waals surface area contributed by atoms with Gasteiger partial charge in [0, 0.05) is 17.8 Å². The van der Waals surface area contributed by atoms with E-state index in [0.717, 1.165) is 11.1 Å². The summed E-state index contributed by atoms with van der Waals surface area (Å²) in [5.74, 6) is 0. The molecule has 1 aromatic heterocycles. The van der Waals surface area contributed by atoms with Gasteiger partial charge in [-0.1, -0.05) is 17.7 Å². The number of hydrogen-bond acceptors (Lipinski definition) is 4. The highest BCUT2D eigenvalue weighted by atomic mass is 35.7. The van der Waals surface area contributed by atoms with Crippen molar-refractivity contribution in [3.8, 4) is 5.69 Å². The average molecular weight is 349 g/mol. The van der Waals surface area contributed by atoms with Crippen LogP contribution in [-0.2, 0) is 20.4 Å². The minimum absolute atomic E-state index is 0.00119. The molecule has 0 unspecified atom stereocenters. The van der Waals surface area contributed by atoms with Crippen molar-refractivity contribution in [3.63, 3.8) is 0 Å². The van der Waals surface area contributed by atoms with Crippen molar-refractivity contribution < 1.29 is 13.2 Å². The van der Waals surface area contributed by atoms with Crippen LogP contribution in [0.2, 0.25) is 5.15 Å². The first kappa shape index (κ1) is 16.3. The summed E-state index contributed by atoms with van der Waals surface area (Å²) in [6.45, 7) is 3.87. The largest absolute Gasteiger partial charge is 0.378 e. The second-order valence-electron chi connectivity index (χ2n) is 4.70. The molecule has 21 heavy (non-hydrogen) atoms. The maximum absolute atomic E-state index is 11.7. The van der Waals surface area contributed by atoms with Crippen LogP contribution in [0.1, 0.15) is 16.8 Å². The van der Waals surface area contributed by atoms with E-state index in [1.54, 1.807) is 0 Å². The molecule has 0 aliphatic heterocycles. The maximum Gasteiger partial charge on any atom is 0.266 e. The number of benzene rings is 1. The molecule has 2 rings (SSSR count). The second kappa shape index (κ2) is 5.96. The lowest BCUT2D eigenvalue weighted by atomic mass is 10.1. The Balaban J connectivity index is 2.71. The van der Waals surface area contributed by atoms with Crippen LogP contribution in [0.25, 0.3) is 5.69 Å². The molecule has 1 heterocycles. The summed E-state index contributed by atoms with van der Waals surface area (Å²) in [6, 6.07) is 5.70. The van der Waals surface area contributed by atoms with Gasteiger partial charge < -0.3 is 4.74 Å². The molecule has 0 atom stereocenters. The van der Waals surface area contributed by atoms with Gasteiger partial charge in [0.25, 0.3) is 9.05 Å². The number of nitrogens with zero attached hydrogens (tertiary/aromatic N) is 2. The van der Waals surface area contributed by atoms with Gasteiger partial charge in [0.05, 0.1) is 12.3 Å². The molecule has 0 spiro atoms. The Kier molecular flexibility index (Phi) is 4.63. The molecular formula is C13H14Cl2N2O3S. The van der Waals surface area contributed by atoms with Crippen LogP contribution in [-0.4, -0.2) is 25.3 Å². The van der Waals surface area contributed by atoms with Crippen molar-refractivity contribution in [3.05, 3.63) is 40.2 Å². The Bertz CT molecular complexity index is 765. The molecule has 0 N–H and O–H groups in total. The normalized spacial score (nSPS) is 11.9. The zero-order chi connectivity index (χ0) is 15.8. The van der Waals surface area contributed by atoms with Gasteiger partial charge in [0.2, 0.25) is 0 Å². The standard InChI is InChI=1S/C13H14Cl2N2O3S/c1-8-4-9(2)6-10(5-8)17-13(14)12(21(15,18)19)11(16-17)7-20-3/h4-6H,7H2,1-3H3. The molecule has 1 aromatic carbocycles. The van der Waals surface area contributed by atoms with Crippen LogP contribution >= 0.6 is 22.3 Å². The van der Waals surface area contributed by atoms with Gasteiger partial charge in [0.1, 0.15) is 10.6 Å². The van der Waals surface area contributed by atoms with E-state index in [1.165, 1.54) is 11.8 Å². The number of aromatic nitrogens is 2. The number of hydrogen-bond donors (Lipinski definition) is 0. The third-order valence-electron chi connectivity index (χ3n) is 2.83. The van der Waals surface area contributed by atoms with Crippen molar-refractivity contribution in [2.24, 2.45) is 0 Å². The summed E-state index contributed by atoms with van der Waals surface area (Å²) in [5, 5.41) is 4.16. The number of rotatable bonds is 4. The predicted octanol–water partition coefficient (Wildman–Crippen LogP) is 3.22. The quantitative estimate of drug-likeness (QED) is 0.796. The number of ether oxygens (including phenoxy) is 1. The first-order valence-corrected chi connectivity index (χ1v) is 8.72. The van der Waals surface area contributed by atoms with Gasteiger partial charge >= 0.3 is 0 Å². The van der Waals surface area contributed by atoms with Crippen LogP contribution < -0.4 is 0 Å². The fraction of sp³-hybridized carbons (Fsp3) is 0.308. The summed E-state index contributed by atoms with van der Waals surface area (Å²) in [4.78, 5) is -0.216. The van der Waals surface area contributed by atoms with Crippen LogP contribution in [0.3, 0.4) is 0 Å². The minimum Gasteiger partial charge on any atom is -0.378 e. The molecule has 2 aromatic rings. The van der Waals surface area contributed by atoms with E-state index in [2.05, 4.69) is 5.10 Å². The van der Waals surface area contributed by atoms with E-state index >= 15 is 0 Å². The molecule has 0 bridgehead atoms. The monoisotopic (exact) mass is 348 g/mol. The van der Waals surface area contributed by atoms with Gasteiger partial charge in [-0.15, -0.1) is 0 Å². The SMILES string of the molecule is COCc1nn(-c2cc(C)cc(C)c2)c(Cl)c1S(=O)(=O)Cl. The van der Waals surface area contributed by atoms with E-state index in [4.69, 9.17) is 27.0 Å². The third kappa shape index (κ3) is 3.40. The van der Waals surface area contributed by atoms with E-state index < -0.39 is 9.05 Å². The zero-order valence-electron chi connectivity index (χ0n) is 11.7. The number of halogens is 2. The maximum atomic E-state index is 11.7. The first-order chi connectivity index (χ1) is 9.74. The van der Waals surface area contributed by atoms with Crippen LogP contribution in [0.4, 0.5) is 0 Å². The summed E-state index contributed by atoms with van der Waals surface area (Å²) >= 11 is 6.17. The van der Waals surface area contributed by atoms with Crippen molar-refractivity contribution in [1.82, 2.24) is 9.78 Å². The second-order valence-corrected chi connectivity index (χ2v) is 7.56. The highest BCUT2D eigenvalue weighted by Gasteiger charge is 2.27. The zero-order valence-corrected chi connectivity index (χ0v) is 14.1. The van der Waals surface area contributed by atoms with Crippen molar-refractivity contribution in [2.45, 2.75) is 25.3 Å². The van der Waals surface area contributed by atoms with Crippen molar-refractivity contribution >= 4 is 31.3 Å². The molecule has 5 nitrogen and oxygen atoms in total. The van der Waals surface area contributed by atoms with Crippen molar-refractivity contribution in [2.75, 3.05) is 7.11 Å².